The third-order valence-corrected chi connectivity index (χ3v) is 6.89. The molecule has 4 heterocycles. The fourth-order valence-corrected chi connectivity index (χ4v) is 5.07. The van der Waals surface area contributed by atoms with E-state index in [0.29, 0.717) is 47.6 Å². The van der Waals surface area contributed by atoms with Gasteiger partial charge in [0.05, 0.1) is 28.7 Å². The number of rotatable bonds is 4. The highest BCUT2D eigenvalue weighted by Gasteiger charge is 2.35. The number of ether oxygens (including phenoxy) is 1. The highest BCUT2D eigenvalue weighted by Crippen LogP contribution is 2.31. The number of hydrogen-bond acceptors (Lipinski definition) is 7. The third kappa shape index (κ3) is 5.41. The molecule has 0 spiro atoms. The molecule has 5 rings (SSSR count). The molecule has 0 saturated carbocycles. The maximum Gasteiger partial charge on any atom is 0.410 e. The average molecular weight is 548 g/mol. The number of piperazine rings is 1. The molecule has 1 saturated heterocycles. The van der Waals surface area contributed by atoms with E-state index in [9.17, 15) is 14.0 Å². The van der Waals surface area contributed by atoms with Gasteiger partial charge in [0.15, 0.2) is 11.5 Å². The number of aromatic nitrogens is 4. The molecule has 1 aliphatic heterocycles. The van der Waals surface area contributed by atoms with Gasteiger partial charge in [0.1, 0.15) is 16.6 Å². The van der Waals surface area contributed by atoms with Crippen LogP contribution in [0, 0.1) is 18.7 Å². The zero-order chi connectivity index (χ0) is 28.8. The Morgan fingerprint density at radius 1 is 1.10 bits per heavy atom. The van der Waals surface area contributed by atoms with E-state index < -0.39 is 17.3 Å². The number of nitrogens with zero attached hydrogens (tertiary/aromatic N) is 6. The summed E-state index contributed by atoms with van der Waals surface area (Å²) in [6.07, 6.45) is 6.13. The zero-order valence-electron chi connectivity index (χ0n) is 23.6. The molecule has 2 amide bonds. The Kier molecular flexibility index (Phi) is 7.07. The number of nitrogens with one attached hydrogen (secondary N) is 1. The van der Waals surface area contributed by atoms with Crippen LogP contribution < -0.4 is 10.2 Å². The molecule has 210 valence electrons. The average Bonchev–Trinajstić information content (AvgIpc) is 3.27. The second kappa shape index (κ2) is 10.4. The van der Waals surface area contributed by atoms with Gasteiger partial charge in [-0.15, -0.1) is 0 Å². The number of carbonyl (C=O) groups excluding carboxylic acids is 2. The van der Waals surface area contributed by atoms with Crippen LogP contribution in [0.15, 0.2) is 43.0 Å². The lowest BCUT2D eigenvalue weighted by Crippen LogP contribution is -2.58. The molecule has 1 aliphatic rings. The quantitative estimate of drug-likeness (QED) is 0.381. The highest BCUT2D eigenvalue weighted by molar-refractivity contribution is 6.13. The highest BCUT2D eigenvalue weighted by atomic mass is 19.1. The molecular weight excluding hydrogens is 513 g/mol. The fraction of sp³-hybridized carbons (Fsp3) is 0.414. The first-order valence-electron chi connectivity index (χ1n) is 13.4. The lowest BCUT2D eigenvalue weighted by molar-refractivity contribution is 0.00884. The number of amides is 2. The van der Waals surface area contributed by atoms with Crippen molar-refractivity contribution in [3.8, 4) is 0 Å². The Hall–Kier alpha value is -4.28. The second-order valence-electron chi connectivity index (χ2n) is 11.5. The molecule has 4 aromatic rings. The summed E-state index contributed by atoms with van der Waals surface area (Å²) in [6, 6.07) is 4.74. The van der Waals surface area contributed by atoms with Crippen LogP contribution in [0.2, 0.25) is 0 Å². The Morgan fingerprint density at radius 3 is 2.52 bits per heavy atom. The van der Waals surface area contributed by atoms with Crippen LogP contribution >= 0.6 is 0 Å². The first-order chi connectivity index (χ1) is 18.9. The first-order valence-corrected chi connectivity index (χ1v) is 13.4. The molecule has 40 heavy (non-hydrogen) atoms. The largest absolute Gasteiger partial charge is 0.444 e. The van der Waals surface area contributed by atoms with Crippen molar-refractivity contribution in [1.29, 1.82) is 0 Å². The number of aryl methyl sites for hydroxylation is 1. The van der Waals surface area contributed by atoms with E-state index in [1.807, 2.05) is 26.8 Å². The van der Waals surface area contributed by atoms with Crippen molar-refractivity contribution in [2.75, 3.05) is 29.9 Å². The van der Waals surface area contributed by atoms with Crippen LogP contribution in [-0.2, 0) is 4.74 Å². The van der Waals surface area contributed by atoms with Crippen molar-refractivity contribution in [3.05, 3.63) is 60.1 Å². The number of fused-ring (bicyclic) bond motifs is 2. The van der Waals surface area contributed by atoms with Gasteiger partial charge < -0.3 is 24.3 Å². The summed E-state index contributed by atoms with van der Waals surface area (Å²) in [6.45, 7) is 13.2. The second-order valence-corrected chi connectivity index (χ2v) is 11.5. The predicted octanol–water partition coefficient (Wildman–Crippen LogP) is 5.06. The molecule has 1 N–H and O–H groups in total. The molecule has 0 aliphatic carbocycles. The summed E-state index contributed by atoms with van der Waals surface area (Å²) < 4.78 is 21.8. The summed E-state index contributed by atoms with van der Waals surface area (Å²) in [4.78, 5) is 43.5. The van der Waals surface area contributed by atoms with Crippen molar-refractivity contribution in [2.45, 2.75) is 53.2 Å². The Balaban J connectivity index is 1.42. The van der Waals surface area contributed by atoms with Gasteiger partial charge in [0.2, 0.25) is 0 Å². The standard InChI is InChI=1S/C29H34FN7O3/c1-17(2)23-16-35(11-12-37(23)28(39)40-29(4,5)6)22-8-7-20(24-25(22)32-10-9-31-24)27(38)34-19-13-21(30)26-33-18(3)14-36(26)15-19/h7-10,13-15,17,23H,11-12,16H2,1-6H3,(H,34,38)/t23-/m1/s1. The van der Waals surface area contributed by atoms with Crippen molar-refractivity contribution < 1.29 is 18.7 Å². The summed E-state index contributed by atoms with van der Waals surface area (Å²) in [5.41, 5.74) is 2.76. The third-order valence-electron chi connectivity index (χ3n) is 6.89. The number of imidazole rings is 1. The van der Waals surface area contributed by atoms with Crippen LogP contribution in [0.1, 0.15) is 50.7 Å². The number of pyridine rings is 1. The summed E-state index contributed by atoms with van der Waals surface area (Å²) in [7, 11) is 0. The van der Waals surface area contributed by atoms with Gasteiger partial charge in [-0.3, -0.25) is 14.8 Å². The van der Waals surface area contributed by atoms with E-state index in [2.05, 4.69) is 39.0 Å². The van der Waals surface area contributed by atoms with Crippen molar-refractivity contribution in [3.63, 3.8) is 0 Å². The van der Waals surface area contributed by atoms with Gasteiger partial charge in [0, 0.05) is 50.5 Å². The lowest BCUT2D eigenvalue weighted by Gasteiger charge is -2.44. The van der Waals surface area contributed by atoms with Gasteiger partial charge >= 0.3 is 6.09 Å². The van der Waals surface area contributed by atoms with E-state index in [1.165, 1.54) is 6.07 Å². The predicted molar refractivity (Wildman–Crippen MR) is 151 cm³/mol. The smallest absolute Gasteiger partial charge is 0.410 e. The molecule has 3 aromatic heterocycles. The Morgan fingerprint density at radius 2 is 1.82 bits per heavy atom. The molecule has 1 fully saturated rings. The molecular formula is C29H34FN7O3. The zero-order valence-corrected chi connectivity index (χ0v) is 23.6. The summed E-state index contributed by atoms with van der Waals surface area (Å²) >= 11 is 0. The molecule has 1 aromatic carbocycles. The van der Waals surface area contributed by atoms with Gasteiger partial charge in [-0.05, 0) is 45.7 Å². The molecule has 1 atom stereocenters. The Bertz CT molecular complexity index is 1590. The minimum atomic E-state index is -0.576. The molecule has 0 bridgehead atoms. The van der Waals surface area contributed by atoms with E-state index in [0.717, 1.165) is 5.69 Å². The van der Waals surface area contributed by atoms with Gasteiger partial charge in [-0.1, -0.05) is 13.8 Å². The SMILES string of the molecule is Cc1cn2cc(NC(=O)c3ccc(N4CCN(C(=O)OC(C)(C)C)[C@@H](C(C)C)C4)c4nccnc34)cc(F)c2n1. The van der Waals surface area contributed by atoms with Crippen LogP contribution in [0.5, 0.6) is 0 Å². The number of anilines is 2. The maximum absolute atomic E-state index is 14.6. The minimum absolute atomic E-state index is 0.0741. The van der Waals surface area contributed by atoms with E-state index in [4.69, 9.17) is 4.74 Å². The summed E-state index contributed by atoms with van der Waals surface area (Å²) in [5, 5.41) is 2.78. The minimum Gasteiger partial charge on any atom is -0.444 e. The lowest BCUT2D eigenvalue weighted by atomic mass is 9.99. The van der Waals surface area contributed by atoms with Crippen molar-refractivity contribution >= 4 is 40.1 Å². The number of hydrogen-bond donors (Lipinski definition) is 1. The van der Waals surface area contributed by atoms with Crippen LogP contribution in [0.25, 0.3) is 16.7 Å². The van der Waals surface area contributed by atoms with E-state index in [-0.39, 0.29) is 23.7 Å². The summed E-state index contributed by atoms with van der Waals surface area (Å²) in [5.74, 6) is -0.770. The molecule has 11 heteroatoms. The van der Waals surface area contributed by atoms with Crippen molar-refractivity contribution in [2.24, 2.45) is 5.92 Å². The number of benzene rings is 1. The molecule has 0 radical (unpaired) electrons. The first kappa shape index (κ1) is 27.3. The number of carbonyl (C=O) groups is 2. The fourth-order valence-electron chi connectivity index (χ4n) is 5.07. The molecule has 0 unspecified atom stereocenters. The van der Waals surface area contributed by atoms with Crippen molar-refractivity contribution in [1.82, 2.24) is 24.3 Å². The monoisotopic (exact) mass is 547 g/mol. The van der Waals surface area contributed by atoms with Gasteiger partial charge in [-0.25, -0.2) is 14.2 Å². The Labute approximate surface area is 232 Å². The van der Waals surface area contributed by atoms with E-state index >= 15 is 0 Å². The topological polar surface area (TPSA) is 105 Å². The van der Waals surface area contributed by atoms with Crippen LogP contribution in [0.4, 0.5) is 20.6 Å². The van der Waals surface area contributed by atoms with Crippen LogP contribution in [0.3, 0.4) is 0 Å². The van der Waals surface area contributed by atoms with E-state index in [1.54, 1.807) is 47.1 Å². The maximum atomic E-state index is 14.6. The van der Waals surface area contributed by atoms with Crippen LogP contribution in [-0.4, -0.2) is 67.5 Å². The van der Waals surface area contributed by atoms with Gasteiger partial charge in [-0.2, -0.15) is 0 Å². The molecule has 10 nitrogen and oxygen atoms in total. The van der Waals surface area contributed by atoms with Gasteiger partial charge in [0.25, 0.3) is 5.91 Å². The number of halogens is 1. The normalized spacial score (nSPS) is 16.1.